The van der Waals surface area contributed by atoms with Gasteiger partial charge in [0.1, 0.15) is 17.7 Å². The van der Waals surface area contributed by atoms with Gasteiger partial charge in [0.15, 0.2) is 0 Å². The minimum absolute atomic E-state index is 0.0207. The highest BCUT2D eigenvalue weighted by Gasteiger charge is 2.24. The molecule has 1 aliphatic heterocycles. The second-order valence-corrected chi connectivity index (χ2v) is 5.25. The maximum Gasteiger partial charge on any atom is 0.126 e. The lowest BCUT2D eigenvalue weighted by molar-refractivity contribution is -0.0358. The second kappa shape index (κ2) is 6.24. The molecule has 3 heterocycles. The molecule has 2 aromatic heterocycles. The molecule has 0 bridgehead atoms. The zero-order valence-electron chi connectivity index (χ0n) is 12.5. The number of hydrogen-bond donors (Lipinski definition) is 1. The molecular weight excluding hydrogens is 266 g/mol. The predicted octanol–water partition coefficient (Wildman–Crippen LogP) is 1.43. The van der Waals surface area contributed by atoms with Crippen molar-refractivity contribution in [2.75, 3.05) is 32.1 Å². The minimum atomic E-state index is 0.0207. The van der Waals surface area contributed by atoms with E-state index in [1.54, 1.807) is 0 Å². The van der Waals surface area contributed by atoms with Gasteiger partial charge in [-0.3, -0.25) is 4.90 Å². The van der Waals surface area contributed by atoms with Gasteiger partial charge in [-0.15, -0.1) is 0 Å². The Bertz CT molecular complexity index is 597. The molecule has 2 aromatic rings. The minimum Gasteiger partial charge on any atom is -0.373 e. The molecule has 0 radical (unpaired) electrons. The molecule has 0 spiro atoms. The van der Waals surface area contributed by atoms with Crippen molar-refractivity contribution in [2.24, 2.45) is 7.05 Å². The average Bonchev–Trinajstić information content (AvgIpc) is 2.93. The van der Waals surface area contributed by atoms with Gasteiger partial charge in [-0.1, -0.05) is 6.07 Å². The lowest BCUT2D eigenvalue weighted by Crippen LogP contribution is -2.38. The molecule has 112 valence electrons. The third-order valence-electron chi connectivity index (χ3n) is 3.79. The first kappa shape index (κ1) is 14.0. The van der Waals surface area contributed by atoms with E-state index >= 15 is 0 Å². The van der Waals surface area contributed by atoms with Crippen LogP contribution in [0.1, 0.15) is 17.6 Å². The number of nitrogens with one attached hydrogen (secondary N) is 1. The summed E-state index contributed by atoms with van der Waals surface area (Å²) >= 11 is 0. The van der Waals surface area contributed by atoms with Crippen molar-refractivity contribution in [3.8, 4) is 0 Å². The van der Waals surface area contributed by atoms with Crippen LogP contribution in [0.25, 0.3) is 0 Å². The van der Waals surface area contributed by atoms with Crippen LogP contribution in [0.3, 0.4) is 0 Å². The van der Waals surface area contributed by atoms with Crippen molar-refractivity contribution in [1.29, 1.82) is 0 Å². The fourth-order valence-corrected chi connectivity index (χ4v) is 2.54. The Labute approximate surface area is 124 Å². The number of imidazole rings is 1. The number of aromatic nitrogens is 3. The van der Waals surface area contributed by atoms with Crippen LogP contribution in [0.2, 0.25) is 0 Å². The summed E-state index contributed by atoms with van der Waals surface area (Å²) in [6.45, 7) is 3.33. The molecule has 3 rings (SSSR count). The maximum absolute atomic E-state index is 5.88. The van der Waals surface area contributed by atoms with Crippen LogP contribution in [0, 0.1) is 0 Å². The van der Waals surface area contributed by atoms with E-state index in [-0.39, 0.29) is 6.10 Å². The van der Waals surface area contributed by atoms with Gasteiger partial charge >= 0.3 is 0 Å². The number of morpholine rings is 1. The fraction of sp³-hybridized carbons (Fsp3) is 0.467. The summed E-state index contributed by atoms with van der Waals surface area (Å²) in [6, 6.07) is 5.99. The molecule has 1 atom stereocenters. The molecule has 0 saturated carbocycles. The van der Waals surface area contributed by atoms with E-state index in [2.05, 4.69) is 24.8 Å². The van der Waals surface area contributed by atoms with Gasteiger partial charge < -0.3 is 14.6 Å². The maximum atomic E-state index is 5.88. The van der Waals surface area contributed by atoms with E-state index in [4.69, 9.17) is 4.74 Å². The Balaban J connectivity index is 1.69. The number of pyridine rings is 1. The van der Waals surface area contributed by atoms with E-state index in [1.165, 1.54) is 0 Å². The number of hydrogen-bond acceptors (Lipinski definition) is 5. The zero-order chi connectivity index (χ0) is 14.7. The predicted molar refractivity (Wildman–Crippen MR) is 81.0 cm³/mol. The van der Waals surface area contributed by atoms with E-state index in [0.29, 0.717) is 0 Å². The van der Waals surface area contributed by atoms with Crippen molar-refractivity contribution in [3.63, 3.8) is 0 Å². The molecule has 1 fully saturated rings. The highest BCUT2D eigenvalue weighted by atomic mass is 16.5. The van der Waals surface area contributed by atoms with Gasteiger partial charge in [-0.25, -0.2) is 9.97 Å². The van der Waals surface area contributed by atoms with E-state index in [0.717, 1.165) is 43.6 Å². The van der Waals surface area contributed by atoms with Crippen LogP contribution in [0.15, 0.2) is 30.6 Å². The third kappa shape index (κ3) is 3.22. The molecule has 0 amide bonds. The normalized spacial score (nSPS) is 19.6. The van der Waals surface area contributed by atoms with Gasteiger partial charge in [0.05, 0.1) is 18.8 Å². The molecular formula is C15H21N5O. The van der Waals surface area contributed by atoms with E-state index in [1.807, 2.05) is 44.7 Å². The summed E-state index contributed by atoms with van der Waals surface area (Å²) in [4.78, 5) is 11.3. The first-order chi connectivity index (χ1) is 10.3. The van der Waals surface area contributed by atoms with Crippen molar-refractivity contribution < 1.29 is 4.74 Å². The van der Waals surface area contributed by atoms with Gasteiger partial charge in [-0.05, 0) is 12.1 Å². The monoisotopic (exact) mass is 287 g/mol. The molecule has 1 N–H and O–H groups in total. The molecule has 0 aromatic carbocycles. The SMILES string of the molecule is CNc1cccc([C@H]2CN(Cc3nccn3C)CCO2)n1. The van der Waals surface area contributed by atoms with E-state index < -0.39 is 0 Å². The third-order valence-corrected chi connectivity index (χ3v) is 3.79. The van der Waals surface area contributed by atoms with Crippen LogP contribution in [-0.4, -0.2) is 46.2 Å². The standard InChI is InChI=1S/C15H21N5O/c1-16-14-5-3-4-12(18-14)13-10-20(8-9-21-13)11-15-17-6-7-19(15)2/h3-7,13H,8-11H2,1-2H3,(H,16,18)/t13-/m1/s1. The summed E-state index contributed by atoms with van der Waals surface area (Å²) in [6.07, 6.45) is 3.84. The van der Waals surface area contributed by atoms with Crippen molar-refractivity contribution in [1.82, 2.24) is 19.4 Å². The summed E-state index contributed by atoms with van der Waals surface area (Å²) in [5, 5.41) is 3.07. The van der Waals surface area contributed by atoms with Crippen LogP contribution < -0.4 is 5.32 Å². The molecule has 6 nitrogen and oxygen atoms in total. The fourth-order valence-electron chi connectivity index (χ4n) is 2.54. The van der Waals surface area contributed by atoms with Gasteiger partial charge in [0.25, 0.3) is 0 Å². The Kier molecular flexibility index (Phi) is 4.17. The Morgan fingerprint density at radius 1 is 1.43 bits per heavy atom. The van der Waals surface area contributed by atoms with Crippen LogP contribution in [0.5, 0.6) is 0 Å². The molecule has 1 saturated heterocycles. The van der Waals surface area contributed by atoms with Gasteiger partial charge in [-0.2, -0.15) is 0 Å². The number of anilines is 1. The first-order valence-electron chi connectivity index (χ1n) is 7.21. The molecule has 1 aliphatic rings. The number of ether oxygens (including phenoxy) is 1. The molecule has 21 heavy (non-hydrogen) atoms. The first-order valence-corrected chi connectivity index (χ1v) is 7.21. The zero-order valence-corrected chi connectivity index (χ0v) is 12.5. The lowest BCUT2D eigenvalue weighted by Gasteiger charge is -2.32. The van der Waals surface area contributed by atoms with Crippen molar-refractivity contribution in [2.45, 2.75) is 12.6 Å². The summed E-state index contributed by atoms with van der Waals surface area (Å²) in [5.41, 5.74) is 0.978. The van der Waals surface area contributed by atoms with Crippen LogP contribution in [-0.2, 0) is 18.3 Å². The number of rotatable bonds is 4. The topological polar surface area (TPSA) is 55.2 Å². The highest BCUT2D eigenvalue weighted by Crippen LogP contribution is 2.22. The molecule has 0 unspecified atom stereocenters. The number of aryl methyl sites for hydroxylation is 1. The van der Waals surface area contributed by atoms with Crippen molar-refractivity contribution >= 4 is 5.82 Å². The van der Waals surface area contributed by atoms with Crippen LogP contribution in [0.4, 0.5) is 5.82 Å². The quantitative estimate of drug-likeness (QED) is 0.922. The molecule has 6 heteroatoms. The average molecular weight is 287 g/mol. The number of nitrogens with zero attached hydrogens (tertiary/aromatic N) is 4. The van der Waals surface area contributed by atoms with Gasteiger partial charge in [0.2, 0.25) is 0 Å². The summed E-state index contributed by atoms with van der Waals surface area (Å²) in [5.74, 6) is 1.95. The van der Waals surface area contributed by atoms with Crippen molar-refractivity contribution in [3.05, 3.63) is 42.1 Å². The largest absolute Gasteiger partial charge is 0.373 e. The Morgan fingerprint density at radius 3 is 3.10 bits per heavy atom. The van der Waals surface area contributed by atoms with E-state index in [9.17, 15) is 0 Å². The molecule has 0 aliphatic carbocycles. The second-order valence-electron chi connectivity index (χ2n) is 5.25. The Hall–Kier alpha value is -1.92. The van der Waals surface area contributed by atoms with Gasteiger partial charge in [0, 0.05) is 39.6 Å². The summed E-state index contributed by atoms with van der Waals surface area (Å²) < 4.78 is 7.94. The lowest BCUT2D eigenvalue weighted by atomic mass is 10.2. The van der Waals surface area contributed by atoms with Crippen LogP contribution >= 0.6 is 0 Å². The smallest absolute Gasteiger partial charge is 0.126 e. The summed E-state index contributed by atoms with van der Waals surface area (Å²) in [7, 11) is 3.90. The Morgan fingerprint density at radius 2 is 2.33 bits per heavy atom. The highest BCUT2D eigenvalue weighted by molar-refractivity contribution is 5.34.